The Hall–Kier alpha value is -1.24. The Morgan fingerprint density at radius 3 is 2.79 bits per heavy atom. The third kappa shape index (κ3) is 3.86. The molecule has 0 saturated carbocycles. The average molecular weight is 284 g/mol. The molecule has 0 amide bonds. The number of benzene rings is 1. The van der Waals surface area contributed by atoms with Gasteiger partial charge in [0, 0.05) is 13.1 Å². The average Bonchev–Trinajstić information content (AvgIpc) is 2.37. The van der Waals surface area contributed by atoms with E-state index in [-0.39, 0.29) is 11.4 Å². The van der Waals surface area contributed by atoms with Crippen LogP contribution in [0.4, 0.5) is 4.39 Å². The second kappa shape index (κ2) is 5.81. The summed E-state index contributed by atoms with van der Waals surface area (Å²) in [5.74, 6) is -0.540. The van der Waals surface area contributed by atoms with Crippen LogP contribution in [-0.4, -0.2) is 28.1 Å². The van der Waals surface area contributed by atoms with E-state index in [4.69, 9.17) is 0 Å². The van der Waals surface area contributed by atoms with E-state index in [0.717, 1.165) is 31.1 Å². The molecule has 1 aliphatic heterocycles. The fourth-order valence-corrected chi connectivity index (χ4v) is 3.11. The van der Waals surface area contributed by atoms with Crippen molar-refractivity contribution in [3.63, 3.8) is 0 Å². The number of hydrogen-bond donors (Lipinski definition) is 2. The van der Waals surface area contributed by atoms with Gasteiger partial charge in [-0.1, -0.05) is 11.6 Å². The standard InChI is InChI=1S/C13H17FN2O2S/c1-10-6-12(14)8-13(7-10)19(17,18)16-9-11-2-4-15-5-3-11/h2,6-8,15-16H,3-5,9H2,1H3. The zero-order valence-electron chi connectivity index (χ0n) is 10.7. The Bertz CT molecular complexity index is 576. The van der Waals surface area contributed by atoms with Crippen LogP contribution < -0.4 is 10.0 Å². The number of hydrogen-bond acceptors (Lipinski definition) is 3. The van der Waals surface area contributed by atoms with Crippen molar-refractivity contribution in [1.82, 2.24) is 10.0 Å². The molecule has 104 valence electrons. The van der Waals surface area contributed by atoms with Crippen LogP contribution in [-0.2, 0) is 10.0 Å². The molecule has 0 fully saturated rings. The topological polar surface area (TPSA) is 58.2 Å². The van der Waals surface area contributed by atoms with Crippen LogP contribution in [0.25, 0.3) is 0 Å². The molecule has 19 heavy (non-hydrogen) atoms. The van der Waals surface area contributed by atoms with Gasteiger partial charge < -0.3 is 5.32 Å². The normalized spacial score (nSPS) is 16.2. The minimum absolute atomic E-state index is 0.0282. The molecule has 0 atom stereocenters. The first-order chi connectivity index (χ1) is 8.97. The Morgan fingerprint density at radius 2 is 2.16 bits per heavy atom. The van der Waals surface area contributed by atoms with Crippen molar-refractivity contribution < 1.29 is 12.8 Å². The van der Waals surface area contributed by atoms with Crippen molar-refractivity contribution >= 4 is 10.0 Å². The highest BCUT2D eigenvalue weighted by Gasteiger charge is 2.16. The van der Waals surface area contributed by atoms with E-state index in [1.165, 1.54) is 12.1 Å². The maximum absolute atomic E-state index is 13.2. The van der Waals surface area contributed by atoms with Crippen LogP contribution >= 0.6 is 0 Å². The molecule has 0 spiro atoms. The van der Waals surface area contributed by atoms with E-state index >= 15 is 0 Å². The van der Waals surface area contributed by atoms with Gasteiger partial charge in [0.05, 0.1) is 4.90 Å². The van der Waals surface area contributed by atoms with Gasteiger partial charge >= 0.3 is 0 Å². The van der Waals surface area contributed by atoms with E-state index in [1.807, 2.05) is 6.08 Å². The van der Waals surface area contributed by atoms with Gasteiger partial charge in [-0.3, -0.25) is 0 Å². The van der Waals surface area contributed by atoms with Gasteiger partial charge in [-0.2, -0.15) is 0 Å². The van der Waals surface area contributed by atoms with Crippen molar-refractivity contribution in [2.45, 2.75) is 18.2 Å². The van der Waals surface area contributed by atoms with Crippen molar-refractivity contribution in [2.24, 2.45) is 0 Å². The van der Waals surface area contributed by atoms with E-state index in [0.29, 0.717) is 5.56 Å². The summed E-state index contributed by atoms with van der Waals surface area (Å²) in [6, 6.07) is 3.79. The highest BCUT2D eigenvalue weighted by atomic mass is 32.2. The third-order valence-electron chi connectivity index (χ3n) is 2.97. The zero-order chi connectivity index (χ0) is 13.9. The lowest BCUT2D eigenvalue weighted by atomic mass is 10.1. The molecule has 6 heteroatoms. The third-order valence-corrected chi connectivity index (χ3v) is 4.35. The molecule has 0 radical (unpaired) electrons. The monoisotopic (exact) mass is 284 g/mol. The predicted molar refractivity (Wildman–Crippen MR) is 71.9 cm³/mol. The molecule has 2 rings (SSSR count). The van der Waals surface area contributed by atoms with Crippen LogP contribution in [0.5, 0.6) is 0 Å². The van der Waals surface area contributed by atoms with Gasteiger partial charge in [0.15, 0.2) is 0 Å². The lowest BCUT2D eigenvalue weighted by Gasteiger charge is -2.15. The highest BCUT2D eigenvalue weighted by molar-refractivity contribution is 7.89. The summed E-state index contributed by atoms with van der Waals surface area (Å²) in [6.07, 6.45) is 2.80. The van der Waals surface area contributed by atoms with E-state index in [1.54, 1.807) is 6.92 Å². The van der Waals surface area contributed by atoms with Crippen LogP contribution in [0.2, 0.25) is 0 Å². The number of sulfonamides is 1. The Morgan fingerprint density at radius 1 is 1.37 bits per heavy atom. The van der Waals surface area contributed by atoms with Gasteiger partial charge in [0.25, 0.3) is 0 Å². The van der Waals surface area contributed by atoms with Crippen LogP contribution in [0, 0.1) is 12.7 Å². The van der Waals surface area contributed by atoms with E-state index < -0.39 is 15.8 Å². The fraction of sp³-hybridized carbons (Fsp3) is 0.385. The summed E-state index contributed by atoms with van der Waals surface area (Å²) in [7, 11) is -3.66. The molecule has 0 unspecified atom stereocenters. The summed E-state index contributed by atoms with van der Waals surface area (Å²) >= 11 is 0. The van der Waals surface area contributed by atoms with Gasteiger partial charge in [0.1, 0.15) is 5.82 Å². The molecule has 2 N–H and O–H groups in total. The summed E-state index contributed by atoms with van der Waals surface area (Å²) < 4.78 is 39.9. The number of rotatable bonds is 4. The molecule has 1 aromatic carbocycles. The second-order valence-electron chi connectivity index (χ2n) is 4.61. The minimum atomic E-state index is -3.66. The molecule has 1 aromatic rings. The van der Waals surface area contributed by atoms with Crippen LogP contribution in [0.3, 0.4) is 0 Å². The summed E-state index contributed by atoms with van der Waals surface area (Å²) in [5, 5.41) is 3.16. The quantitative estimate of drug-likeness (QED) is 0.820. The van der Waals surface area contributed by atoms with Gasteiger partial charge in [-0.25, -0.2) is 17.5 Å². The first-order valence-corrected chi connectivity index (χ1v) is 7.61. The fourth-order valence-electron chi connectivity index (χ4n) is 1.96. The van der Waals surface area contributed by atoms with Crippen LogP contribution in [0.1, 0.15) is 12.0 Å². The first-order valence-electron chi connectivity index (χ1n) is 6.13. The molecule has 1 aliphatic rings. The summed E-state index contributed by atoms with van der Waals surface area (Å²) in [5.41, 5.74) is 1.64. The molecule has 0 saturated heterocycles. The SMILES string of the molecule is Cc1cc(F)cc(S(=O)(=O)NCC2=CCNCC2)c1. The summed E-state index contributed by atoms with van der Waals surface area (Å²) in [6.45, 7) is 3.56. The number of halogens is 1. The molecule has 4 nitrogen and oxygen atoms in total. The molecule has 0 aromatic heterocycles. The zero-order valence-corrected chi connectivity index (χ0v) is 11.6. The second-order valence-corrected chi connectivity index (χ2v) is 6.37. The number of nitrogens with one attached hydrogen (secondary N) is 2. The first kappa shape index (κ1) is 14.2. The highest BCUT2D eigenvalue weighted by Crippen LogP contribution is 2.14. The maximum Gasteiger partial charge on any atom is 0.240 e. The molecule has 1 heterocycles. The smallest absolute Gasteiger partial charge is 0.240 e. The minimum Gasteiger partial charge on any atom is -0.313 e. The van der Waals surface area contributed by atoms with Crippen molar-refractivity contribution in [3.8, 4) is 0 Å². The van der Waals surface area contributed by atoms with E-state index in [2.05, 4.69) is 10.0 Å². The van der Waals surface area contributed by atoms with Crippen molar-refractivity contribution in [2.75, 3.05) is 19.6 Å². The molecular formula is C13H17FN2O2S. The molecule has 0 bridgehead atoms. The van der Waals surface area contributed by atoms with Gasteiger partial charge in [0.2, 0.25) is 10.0 Å². The maximum atomic E-state index is 13.2. The number of aryl methyl sites for hydroxylation is 1. The Kier molecular flexibility index (Phi) is 4.34. The van der Waals surface area contributed by atoms with Crippen molar-refractivity contribution in [1.29, 1.82) is 0 Å². The largest absolute Gasteiger partial charge is 0.313 e. The Labute approximate surface area is 112 Å². The summed E-state index contributed by atoms with van der Waals surface area (Å²) in [4.78, 5) is -0.0282. The van der Waals surface area contributed by atoms with Crippen molar-refractivity contribution in [3.05, 3.63) is 41.2 Å². The predicted octanol–water partition coefficient (Wildman–Crippen LogP) is 1.33. The Balaban J connectivity index is 2.11. The van der Waals surface area contributed by atoms with E-state index in [9.17, 15) is 12.8 Å². The molecular weight excluding hydrogens is 267 g/mol. The van der Waals surface area contributed by atoms with Gasteiger partial charge in [-0.05, 0) is 43.7 Å². The lowest BCUT2D eigenvalue weighted by molar-refractivity contribution is 0.578. The lowest BCUT2D eigenvalue weighted by Crippen LogP contribution is -2.29. The van der Waals surface area contributed by atoms with Crippen LogP contribution in [0.15, 0.2) is 34.7 Å². The van der Waals surface area contributed by atoms with Gasteiger partial charge in [-0.15, -0.1) is 0 Å². The molecule has 0 aliphatic carbocycles.